The van der Waals surface area contributed by atoms with E-state index in [9.17, 15) is 9.59 Å². The van der Waals surface area contributed by atoms with Gasteiger partial charge in [0.2, 0.25) is 5.91 Å². The van der Waals surface area contributed by atoms with Gasteiger partial charge in [0.25, 0.3) is 5.91 Å². The van der Waals surface area contributed by atoms with Crippen molar-refractivity contribution in [2.45, 2.75) is 20.0 Å². The maximum Gasteiger partial charge on any atom is 0.257 e. The minimum absolute atomic E-state index is 0.0587. The molecule has 0 heterocycles. The van der Waals surface area contributed by atoms with E-state index in [1.165, 1.54) is 4.90 Å². The average Bonchev–Trinajstić information content (AvgIpc) is 2.77. The summed E-state index contributed by atoms with van der Waals surface area (Å²) in [5.41, 5.74) is 3.23. The van der Waals surface area contributed by atoms with E-state index in [0.29, 0.717) is 17.9 Å². The van der Waals surface area contributed by atoms with E-state index in [4.69, 9.17) is 4.74 Å². The van der Waals surface area contributed by atoms with Gasteiger partial charge >= 0.3 is 0 Å². The fourth-order valence-electron chi connectivity index (χ4n) is 3.19. The Balaban J connectivity index is 1.65. The normalized spacial score (nSPS) is 10.4. The molecule has 31 heavy (non-hydrogen) atoms. The zero-order valence-electron chi connectivity index (χ0n) is 17.6. The summed E-state index contributed by atoms with van der Waals surface area (Å²) < 4.78 is 6.88. The highest BCUT2D eigenvalue weighted by molar-refractivity contribution is 9.10. The van der Waals surface area contributed by atoms with Gasteiger partial charge < -0.3 is 15.0 Å². The molecule has 3 rings (SSSR count). The number of ether oxygens (including phenoxy) is 1. The molecule has 0 aliphatic rings. The molecule has 3 aromatic carbocycles. The fraction of sp³-hybridized carbons (Fsp3) is 0.200. The molecule has 0 atom stereocenters. The van der Waals surface area contributed by atoms with Crippen LogP contribution in [0.15, 0.2) is 77.3 Å². The van der Waals surface area contributed by atoms with Gasteiger partial charge in [0.15, 0.2) is 0 Å². The van der Waals surface area contributed by atoms with Crippen LogP contribution in [0.4, 0.5) is 5.69 Å². The van der Waals surface area contributed by atoms with Crippen LogP contribution >= 0.6 is 15.9 Å². The second kappa shape index (κ2) is 10.8. The van der Waals surface area contributed by atoms with Crippen molar-refractivity contribution in [3.8, 4) is 5.75 Å². The predicted octanol–water partition coefficient (Wildman–Crippen LogP) is 5.30. The van der Waals surface area contributed by atoms with Crippen LogP contribution in [0.25, 0.3) is 0 Å². The van der Waals surface area contributed by atoms with Crippen molar-refractivity contribution in [1.29, 1.82) is 0 Å². The van der Waals surface area contributed by atoms with E-state index in [1.807, 2.05) is 61.5 Å². The van der Waals surface area contributed by atoms with Crippen LogP contribution in [0, 0.1) is 0 Å². The number of rotatable bonds is 8. The first-order chi connectivity index (χ1) is 15.0. The third-order valence-electron chi connectivity index (χ3n) is 4.80. The van der Waals surface area contributed by atoms with E-state index in [0.717, 1.165) is 27.7 Å². The van der Waals surface area contributed by atoms with Crippen molar-refractivity contribution in [2.75, 3.05) is 18.9 Å². The molecule has 0 saturated heterocycles. The van der Waals surface area contributed by atoms with Gasteiger partial charge in [0, 0.05) is 17.2 Å². The van der Waals surface area contributed by atoms with Crippen LogP contribution in [-0.2, 0) is 17.8 Å². The molecule has 1 N–H and O–H groups in total. The molecule has 6 heteroatoms. The molecule has 0 unspecified atom stereocenters. The summed E-state index contributed by atoms with van der Waals surface area (Å²) >= 11 is 3.45. The summed E-state index contributed by atoms with van der Waals surface area (Å²) in [5.74, 6) is -0.0379. The largest absolute Gasteiger partial charge is 0.488 e. The maximum atomic E-state index is 13.0. The van der Waals surface area contributed by atoms with E-state index in [2.05, 4.69) is 21.2 Å². The monoisotopic (exact) mass is 480 g/mol. The molecule has 0 fully saturated rings. The number of anilines is 1. The molecular formula is C25H25BrN2O3. The topological polar surface area (TPSA) is 58.6 Å². The number of aryl methyl sites for hydroxylation is 1. The van der Waals surface area contributed by atoms with Crippen LogP contribution in [0.5, 0.6) is 5.75 Å². The first-order valence-corrected chi connectivity index (χ1v) is 10.9. The van der Waals surface area contributed by atoms with Gasteiger partial charge in [-0.25, -0.2) is 0 Å². The van der Waals surface area contributed by atoms with Crippen LogP contribution < -0.4 is 10.1 Å². The average molecular weight is 481 g/mol. The highest BCUT2D eigenvalue weighted by Gasteiger charge is 2.19. The molecule has 0 radical (unpaired) electrons. The van der Waals surface area contributed by atoms with E-state index < -0.39 is 0 Å². The second-order valence-corrected chi connectivity index (χ2v) is 8.05. The Morgan fingerprint density at radius 3 is 2.52 bits per heavy atom. The summed E-state index contributed by atoms with van der Waals surface area (Å²) in [4.78, 5) is 26.9. The number of halogens is 1. The highest BCUT2D eigenvalue weighted by atomic mass is 79.9. The first kappa shape index (κ1) is 22.6. The van der Waals surface area contributed by atoms with Crippen molar-refractivity contribution in [1.82, 2.24) is 4.90 Å². The molecule has 0 aliphatic heterocycles. The zero-order valence-corrected chi connectivity index (χ0v) is 19.2. The zero-order chi connectivity index (χ0) is 22.2. The van der Waals surface area contributed by atoms with Gasteiger partial charge in [-0.15, -0.1) is 0 Å². The van der Waals surface area contributed by atoms with Crippen LogP contribution in [0.1, 0.15) is 28.4 Å². The first-order valence-electron chi connectivity index (χ1n) is 10.1. The van der Waals surface area contributed by atoms with Gasteiger partial charge in [0.05, 0.1) is 12.1 Å². The summed E-state index contributed by atoms with van der Waals surface area (Å²) in [5, 5.41) is 2.90. The highest BCUT2D eigenvalue weighted by Crippen LogP contribution is 2.22. The number of hydrogen-bond donors (Lipinski definition) is 1. The molecule has 3 aromatic rings. The number of carbonyl (C=O) groups is 2. The Bertz CT molecular complexity index is 1070. The van der Waals surface area contributed by atoms with Gasteiger partial charge in [-0.1, -0.05) is 65.3 Å². The van der Waals surface area contributed by atoms with Crippen molar-refractivity contribution in [2.24, 2.45) is 0 Å². The molecule has 0 spiro atoms. The third kappa shape index (κ3) is 6.18. The van der Waals surface area contributed by atoms with E-state index in [1.54, 1.807) is 25.2 Å². The standard InChI is InChI=1S/C25H25BrN2O3/c1-3-19-10-4-6-13-22(19)27-24(29)16-28(2)25(30)21-12-5-7-14-23(21)31-17-18-9-8-11-20(26)15-18/h4-15H,3,16-17H2,1-2H3,(H,27,29). The van der Waals surface area contributed by atoms with Crippen molar-refractivity contribution < 1.29 is 14.3 Å². The summed E-state index contributed by atoms with van der Waals surface area (Å²) in [6.45, 7) is 2.31. The molecular weight excluding hydrogens is 456 g/mol. The number of hydrogen-bond acceptors (Lipinski definition) is 3. The lowest BCUT2D eigenvalue weighted by Crippen LogP contribution is -2.35. The number of likely N-dealkylation sites (N-methyl/N-ethyl adjacent to an activating group) is 1. The molecule has 0 aromatic heterocycles. The summed E-state index contributed by atoms with van der Waals surface area (Å²) in [6, 6.07) is 22.5. The molecule has 2 amide bonds. The van der Waals surface area contributed by atoms with E-state index >= 15 is 0 Å². The SMILES string of the molecule is CCc1ccccc1NC(=O)CN(C)C(=O)c1ccccc1OCc1cccc(Br)c1. The quantitative estimate of drug-likeness (QED) is 0.475. The Hall–Kier alpha value is -3.12. The Morgan fingerprint density at radius 2 is 1.74 bits per heavy atom. The van der Waals surface area contributed by atoms with Gasteiger partial charge in [-0.05, 0) is 47.9 Å². The van der Waals surface area contributed by atoms with Crippen molar-refractivity contribution in [3.63, 3.8) is 0 Å². The van der Waals surface area contributed by atoms with Crippen LogP contribution in [-0.4, -0.2) is 30.3 Å². The molecule has 0 saturated carbocycles. The second-order valence-electron chi connectivity index (χ2n) is 7.13. The minimum atomic E-state index is -0.274. The lowest BCUT2D eigenvalue weighted by Gasteiger charge is -2.19. The number of amides is 2. The number of nitrogens with zero attached hydrogens (tertiary/aromatic N) is 1. The number of benzene rings is 3. The minimum Gasteiger partial charge on any atom is -0.488 e. The number of nitrogens with one attached hydrogen (secondary N) is 1. The third-order valence-corrected chi connectivity index (χ3v) is 5.29. The van der Waals surface area contributed by atoms with Gasteiger partial charge in [-0.3, -0.25) is 9.59 Å². The van der Waals surface area contributed by atoms with Crippen LogP contribution in [0.3, 0.4) is 0 Å². The van der Waals surface area contributed by atoms with Crippen molar-refractivity contribution >= 4 is 33.4 Å². The maximum absolute atomic E-state index is 13.0. The smallest absolute Gasteiger partial charge is 0.257 e. The molecule has 0 bridgehead atoms. The Morgan fingerprint density at radius 1 is 1.00 bits per heavy atom. The summed E-state index contributed by atoms with van der Waals surface area (Å²) in [6.07, 6.45) is 0.813. The molecule has 160 valence electrons. The lowest BCUT2D eigenvalue weighted by molar-refractivity contribution is -0.116. The molecule has 5 nitrogen and oxygen atoms in total. The predicted molar refractivity (Wildman–Crippen MR) is 126 cm³/mol. The van der Waals surface area contributed by atoms with Gasteiger partial charge in [0.1, 0.15) is 12.4 Å². The Kier molecular flexibility index (Phi) is 7.84. The Labute approximate surface area is 191 Å². The number of para-hydroxylation sites is 2. The van der Waals surface area contributed by atoms with Crippen LogP contribution in [0.2, 0.25) is 0 Å². The lowest BCUT2D eigenvalue weighted by atomic mass is 10.1. The number of carbonyl (C=O) groups excluding carboxylic acids is 2. The fourth-order valence-corrected chi connectivity index (χ4v) is 3.64. The summed E-state index contributed by atoms with van der Waals surface area (Å²) in [7, 11) is 1.61. The molecule has 0 aliphatic carbocycles. The van der Waals surface area contributed by atoms with Crippen molar-refractivity contribution in [3.05, 3.63) is 94.0 Å². The van der Waals surface area contributed by atoms with E-state index in [-0.39, 0.29) is 18.4 Å². The van der Waals surface area contributed by atoms with Gasteiger partial charge in [-0.2, -0.15) is 0 Å².